The minimum absolute atomic E-state index is 0.149. The summed E-state index contributed by atoms with van der Waals surface area (Å²) in [5.41, 5.74) is 5.60. The molecule has 0 aliphatic carbocycles. The summed E-state index contributed by atoms with van der Waals surface area (Å²) in [5.74, 6) is 0. The average Bonchev–Trinajstić information content (AvgIpc) is 2.66. The summed E-state index contributed by atoms with van der Waals surface area (Å²) in [4.78, 5) is 0. The zero-order chi connectivity index (χ0) is 15.6. The van der Waals surface area contributed by atoms with E-state index in [0.29, 0.717) is 0 Å². The maximum atomic E-state index is 3.83. The number of rotatable bonds is 5. The zero-order valence-electron chi connectivity index (χ0n) is 14.1. The highest BCUT2D eigenvalue weighted by Crippen LogP contribution is 2.26. The molecule has 1 N–H and O–H groups in total. The standard InChI is InChI=1S/C19H28N2/c1-7-8-11-21-15(3)14(2)17-12-16(9-10-18(17)21)13-20-19(4,5)6/h7,9-10,12,20H,1,8,11,13H2,2-6H3. The van der Waals surface area contributed by atoms with Gasteiger partial charge in [0.25, 0.3) is 0 Å². The molecule has 2 rings (SSSR count). The van der Waals surface area contributed by atoms with E-state index in [1.165, 1.54) is 27.7 Å². The van der Waals surface area contributed by atoms with E-state index < -0.39 is 0 Å². The van der Waals surface area contributed by atoms with Crippen molar-refractivity contribution in [1.29, 1.82) is 0 Å². The molecule has 0 radical (unpaired) electrons. The summed E-state index contributed by atoms with van der Waals surface area (Å²) in [6.07, 6.45) is 3.00. The Kier molecular flexibility index (Phi) is 4.58. The van der Waals surface area contributed by atoms with E-state index in [0.717, 1.165) is 19.5 Å². The van der Waals surface area contributed by atoms with E-state index in [2.05, 4.69) is 69.3 Å². The fourth-order valence-electron chi connectivity index (χ4n) is 2.68. The van der Waals surface area contributed by atoms with Gasteiger partial charge in [0.1, 0.15) is 0 Å². The summed E-state index contributed by atoms with van der Waals surface area (Å²) >= 11 is 0. The van der Waals surface area contributed by atoms with Crippen LogP contribution in [0.2, 0.25) is 0 Å². The van der Waals surface area contributed by atoms with Crippen molar-refractivity contribution in [3.63, 3.8) is 0 Å². The average molecular weight is 284 g/mol. The Labute approximate surface area is 128 Å². The molecule has 0 bridgehead atoms. The fourth-order valence-corrected chi connectivity index (χ4v) is 2.68. The summed E-state index contributed by atoms with van der Waals surface area (Å²) in [7, 11) is 0. The SMILES string of the molecule is C=CCCn1c(C)c(C)c2cc(CNC(C)(C)C)ccc21. The van der Waals surface area contributed by atoms with E-state index in [4.69, 9.17) is 0 Å². The Balaban J connectivity index is 2.35. The summed E-state index contributed by atoms with van der Waals surface area (Å²) in [6, 6.07) is 6.84. The van der Waals surface area contributed by atoms with Gasteiger partial charge >= 0.3 is 0 Å². The number of benzene rings is 1. The van der Waals surface area contributed by atoms with Gasteiger partial charge in [-0.15, -0.1) is 6.58 Å². The Morgan fingerprint density at radius 2 is 1.95 bits per heavy atom. The van der Waals surface area contributed by atoms with Gasteiger partial charge in [0.2, 0.25) is 0 Å². The van der Waals surface area contributed by atoms with Gasteiger partial charge in [0.05, 0.1) is 0 Å². The highest BCUT2D eigenvalue weighted by molar-refractivity contribution is 5.86. The molecule has 0 unspecified atom stereocenters. The van der Waals surface area contributed by atoms with Crippen LogP contribution in [0, 0.1) is 13.8 Å². The van der Waals surface area contributed by atoms with Crippen molar-refractivity contribution in [3.05, 3.63) is 47.7 Å². The highest BCUT2D eigenvalue weighted by Gasteiger charge is 2.12. The highest BCUT2D eigenvalue weighted by atomic mass is 15.0. The lowest BCUT2D eigenvalue weighted by Gasteiger charge is -2.20. The second-order valence-corrected chi connectivity index (χ2v) is 6.89. The van der Waals surface area contributed by atoms with E-state index in [1.54, 1.807) is 0 Å². The molecule has 1 heterocycles. The number of hydrogen-bond donors (Lipinski definition) is 1. The third-order valence-corrected chi connectivity index (χ3v) is 4.08. The van der Waals surface area contributed by atoms with Crippen molar-refractivity contribution < 1.29 is 0 Å². The lowest BCUT2D eigenvalue weighted by Crippen LogP contribution is -2.35. The molecule has 1 aromatic heterocycles. The number of aromatic nitrogens is 1. The minimum atomic E-state index is 0.149. The molecule has 0 fully saturated rings. The third kappa shape index (κ3) is 3.56. The normalized spacial score (nSPS) is 12.0. The van der Waals surface area contributed by atoms with E-state index >= 15 is 0 Å². The van der Waals surface area contributed by atoms with Crippen molar-refractivity contribution in [3.8, 4) is 0 Å². The predicted octanol–water partition coefficient (Wildman–Crippen LogP) is 4.72. The molecular weight excluding hydrogens is 256 g/mol. The number of allylic oxidation sites excluding steroid dienone is 1. The first-order chi connectivity index (χ1) is 9.83. The Hall–Kier alpha value is -1.54. The van der Waals surface area contributed by atoms with E-state index in [-0.39, 0.29) is 5.54 Å². The van der Waals surface area contributed by atoms with Gasteiger partial charge in [0.15, 0.2) is 0 Å². The molecule has 0 aliphatic rings. The topological polar surface area (TPSA) is 17.0 Å². The van der Waals surface area contributed by atoms with Crippen molar-refractivity contribution in [2.24, 2.45) is 0 Å². The van der Waals surface area contributed by atoms with Crippen LogP contribution < -0.4 is 5.32 Å². The molecule has 2 heteroatoms. The molecule has 0 aliphatic heterocycles. The molecule has 0 spiro atoms. The molecule has 0 amide bonds. The van der Waals surface area contributed by atoms with Gasteiger partial charge in [-0.05, 0) is 64.3 Å². The van der Waals surface area contributed by atoms with Gasteiger partial charge in [-0.3, -0.25) is 0 Å². The smallest absolute Gasteiger partial charge is 0.0485 e. The molecule has 0 saturated carbocycles. The second-order valence-electron chi connectivity index (χ2n) is 6.89. The van der Waals surface area contributed by atoms with Crippen LogP contribution in [-0.2, 0) is 13.1 Å². The molecule has 0 saturated heterocycles. The maximum absolute atomic E-state index is 3.83. The van der Waals surface area contributed by atoms with Gasteiger partial charge in [0, 0.05) is 35.2 Å². The first kappa shape index (κ1) is 15.8. The van der Waals surface area contributed by atoms with Gasteiger partial charge < -0.3 is 9.88 Å². The zero-order valence-corrected chi connectivity index (χ0v) is 14.1. The van der Waals surface area contributed by atoms with Crippen molar-refractivity contribution in [1.82, 2.24) is 9.88 Å². The lowest BCUT2D eigenvalue weighted by molar-refractivity contribution is 0.424. The number of aryl methyl sites for hydroxylation is 2. The number of fused-ring (bicyclic) bond motifs is 1. The molecular formula is C19H28N2. The van der Waals surface area contributed by atoms with Crippen LogP contribution in [0.1, 0.15) is 44.0 Å². The summed E-state index contributed by atoms with van der Waals surface area (Å²) in [6.45, 7) is 16.8. The maximum Gasteiger partial charge on any atom is 0.0485 e. The summed E-state index contributed by atoms with van der Waals surface area (Å²) in [5, 5.41) is 4.94. The van der Waals surface area contributed by atoms with E-state index in [9.17, 15) is 0 Å². The van der Waals surface area contributed by atoms with Crippen LogP contribution in [0.4, 0.5) is 0 Å². The molecule has 21 heavy (non-hydrogen) atoms. The minimum Gasteiger partial charge on any atom is -0.344 e. The number of nitrogens with zero attached hydrogens (tertiary/aromatic N) is 1. The van der Waals surface area contributed by atoms with Crippen molar-refractivity contribution in [2.75, 3.05) is 0 Å². The van der Waals surface area contributed by atoms with Crippen LogP contribution in [-0.4, -0.2) is 10.1 Å². The first-order valence-electron chi connectivity index (χ1n) is 7.78. The molecule has 2 aromatic rings. The van der Waals surface area contributed by atoms with Crippen molar-refractivity contribution in [2.45, 2.75) is 59.7 Å². The molecule has 114 valence electrons. The van der Waals surface area contributed by atoms with E-state index in [1.807, 2.05) is 6.08 Å². The summed E-state index contributed by atoms with van der Waals surface area (Å²) < 4.78 is 2.41. The van der Waals surface area contributed by atoms with Crippen LogP contribution >= 0.6 is 0 Å². The van der Waals surface area contributed by atoms with Crippen molar-refractivity contribution >= 4 is 10.9 Å². The Morgan fingerprint density at radius 1 is 1.24 bits per heavy atom. The Bertz CT molecular complexity index is 642. The van der Waals surface area contributed by atoms with Gasteiger partial charge in [-0.2, -0.15) is 0 Å². The van der Waals surface area contributed by atoms with Crippen LogP contribution in [0.15, 0.2) is 30.9 Å². The molecule has 0 atom stereocenters. The monoisotopic (exact) mass is 284 g/mol. The van der Waals surface area contributed by atoms with Crippen LogP contribution in [0.5, 0.6) is 0 Å². The third-order valence-electron chi connectivity index (χ3n) is 4.08. The largest absolute Gasteiger partial charge is 0.344 e. The van der Waals surface area contributed by atoms with Gasteiger partial charge in [-0.25, -0.2) is 0 Å². The predicted molar refractivity (Wildman–Crippen MR) is 92.8 cm³/mol. The first-order valence-corrected chi connectivity index (χ1v) is 7.78. The number of nitrogens with one attached hydrogen (secondary N) is 1. The molecule has 1 aromatic carbocycles. The quantitative estimate of drug-likeness (QED) is 0.786. The second kappa shape index (κ2) is 6.07. The lowest BCUT2D eigenvalue weighted by atomic mass is 10.1. The van der Waals surface area contributed by atoms with Crippen LogP contribution in [0.25, 0.3) is 10.9 Å². The van der Waals surface area contributed by atoms with Crippen LogP contribution in [0.3, 0.4) is 0 Å². The Morgan fingerprint density at radius 3 is 2.57 bits per heavy atom. The molecule has 2 nitrogen and oxygen atoms in total. The van der Waals surface area contributed by atoms with Gasteiger partial charge in [-0.1, -0.05) is 12.1 Å². The number of hydrogen-bond acceptors (Lipinski definition) is 1. The fraction of sp³-hybridized carbons (Fsp3) is 0.474.